The molecule has 1 amide bonds. The molecule has 2 aromatic carbocycles. The number of carbonyl (C=O) groups excluding carboxylic acids is 1. The van der Waals surface area contributed by atoms with Crippen LogP contribution in [0.15, 0.2) is 53.9 Å². The zero-order valence-corrected chi connectivity index (χ0v) is 14.3. The minimum absolute atomic E-state index is 0.123. The Bertz CT molecular complexity index is 829. The summed E-state index contributed by atoms with van der Waals surface area (Å²) in [5.41, 5.74) is 2.42. The molecule has 0 atom stereocenters. The number of hydrogen-bond acceptors (Lipinski definition) is 4. The van der Waals surface area contributed by atoms with E-state index >= 15 is 0 Å². The summed E-state index contributed by atoms with van der Waals surface area (Å²) in [5.74, 6) is 0.112. The molecule has 24 heavy (non-hydrogen) atoms. The molecular weight excluding hydrogens is 344 g/mol. The largest absolute Gasteiger partial charge is 0.508 e. The summed E-state index contributed by atoms with van der Waals surface area (Å²) in [6.07, 6.45) is 0.669. The van der Waals surface area contributed by atoms with Crippen molar-refractivity contribution in [1.29, 1.82) is 0 Å². The molecule has 0 saturated carbocycles. The number of benzene rings is 2. The zero-order valence-electron chi connectivity index (χ0n) is 12.7. The normalized spacial score (nSPS) is 10.5. The highest BCUT2D eigenvalue weighted by atomic mass is 35.5. The fraction of sp³-hybridized carbons (Fsp3) is 0.111. The summed E-state index contributed by atoms with van der Waals surface area (Å²) >= 11 is 7.37. The van der Waals surface area contributed by atoms with Gasteiger partial charge in [-0.15, -0.1) is 11.3 Å². The first-order chi connectivity index (χ1) is 11.6. The van der Waals surface area contributed by atoms with Gasteiger partial charge >= 0.3 is 0 Å². The van der Waals surface area contributed by atoms with Gasteiger partial charge in [-0.25, -0.2) is 4.98 Å². The van der Waals surface area contributed by atoms with Crippen LogP contribution in [0.25, 0.3) is 11.3 Å². The van der Waals surface area contributed by atoms with Gasteiger partial charge in [-0.1, -0.05) is 11.6 Å². The van der Waals surface area contributed by atoms with E-state index in [9.17, 15) is 9.90 Å². The number of thiazole rings is 1. The van der Waals surface area contributed by atoms with Crippen molar-refractivity contribution in [3.05, 3.63) is 69.5 Å². The Balaban J connectivity index is 1.55. The van der Waals surface area contributed by atoms with E-state index in [0.29, 0.717) is 23.6 Å². The van der Waals surface area contributed by atoms with Crippen molar-refractivity contribution < 1.29 is 9.90 Å². The van der Waals surface area contributed by atoms with E-state index in [1.165, 1.54) is 0 Å². The van der Waals surface area contributed by atoms with Crippen LogP contribution in [0.5, 0.6) is 5.75 Å². The fourth-order valence-corrected chi connectivity index (χ4v) is 3.11. The van der Waals surface area contributed by atoms with Gasteiger partial charge in [-0.2, -0.15) is 0 Å². The highest BCUT2D eigenvalue weighted by Crippen LogP contribution is 2.23. The highest BCUT2D eigenvalue weighted by Gasteiger charge is 2.07. The van der Waals surface area contributed by atoms with Crippen molar-refractivity contribution in [1.82, 2.24) is 10.3 Å². The van der Waals surface area contributed by atoms with Gasteiger partial charge in [-0.05, 0) is 48.5 Å². The number of nitrogens with zero attached hydrogens (tertiary/aromatic N) is 1. The average molecular weight is 359 g/mol. The monoisotopic (exact) mass is 358 g/mol. The number of halogens is 1. The van der Waals surface area contributed by atoms with E-state index in [-0.39, 0.29) is 11.7 Å². The standard InChI is InChI=1S/C18H15ClN2O2S/c19-14-5-1-13(2-6-14)18(23)20-10-9-17-21-16(11-24-17)12-3-7-15(22)8-4-12/h1-8,11,22H,9-10H2,(H,20,23). The van der Waals surface area contributed by atoms with E-state index < -0.39 is 0 Å². The summed E-state index contributed by atoms with van der Waals surface area (Å²) in [6, 6.07) is 13.7. The van der Waals surface area contributed by atoms with Gasteiger partial charge < -0.3 is 10.4 Å². The molecule has 4 nitrogen and oxygen atoms in total. The summed E-state index contributed by atoms with van der Waals surface area (Å²) in [4.78, 5) is 16.6. The summed E-state index contributed by atoms with van der Waals surface area (Å²) in [5, 5.41) is 15.7. The van der Waals surface area contributed by atoms with Crippen molar-refractivity contribution in [3.8, 4) is 17.0 Å². The quantitative estimate of drug-likeness (QED) is 0.720. The van der Waals surface area contributed by atoms with Crippen LogP contribution < -0.4 is 5.32 Å². The lowest BCUT2D eigenvalue weighted by Crippen LogP contribution is -2.25. The van der Waals surface area contributed by atoms with Gasteiger partial charge in [0.05, 0.1) is 10.7 Å². The lowest BCUT2D eigenvalue weighted by molar-refractivity contribution is 0.0954. The third-order valence-electron chi connectivity index (χ3n) is 3.45. The first-order valence-electron chi connectivity index (χ1n) is 7.39. The SMILES string of the molecule is O=C(NCCc1nc(-c2ccc(O)cc2)cs1)c1ccc(Cl)cc1. The third kappa shape index (κ3) is 4.13. The number of amides is 1. The van der Waals surface area contributed by atoms with E-state index in [1.807, 2.05) is 17.5 Å². The number of phenolic OH excluding ortho intramolecular Hbond substituents is 1. The van der Waals surface area contributed by atoms with E-state index in [1.54, 1.807) is 47.7 Å². The molecule has 0 radical (unpaired) electrons. The Morgan fingerprint density at radius 2 is 1.83 bits per heavy atom. The van der Waals surface area contributed by atoms with Crippen LogP contribution in [0.1, 0.15) is 15.4 Å². The van der Waals surface area contributed by atoms with Crippen molar-refractivity contribution in [2.45, 2.75) is 6.42 Å². The lowest BCUT2D eigenvalue weighted by Gasteiger charge is -2.04. The molecule has 0 spiro atoms. The average Bonchev–Trinajstić information content (AvgIpc) is 3.05. The maximum Gasteiger partial charge on any atom is 0.251 e. The maximum atomic E-state index is 12.0. The van der Waals surface area contributed by atoms with E-state index in [4.69, 9.17) is 11.6 Å². The Kier molecular flexibility index (Phi) is 5.13. The number of phenols is 1. The molecule has 0 bridgehead atoms. The first kappa shape index (κ1) is 16.5. The number of aromatic hydroxyl groups is 1. The van der Waals surface area contributed by atoms with Gasteiger partial charge in [0.15, 0.2) is 0 Å². The lowest BCUT2D eigenvalue weighted by atomic mass is 10.2. The molecule has 122 valence electrons. The number of rotatable bonds is 5. The van der Waals surface area contributed by atoms with Crippen molar-refractivity contribution >= 4 is 28.8 Å². The molecule has 1 aromatic heterocycles. The molecule has 6 heteroatoms. The maximum absolute atomic E-state index is 12.0. The minimum atomic E-state index is -0.123. The third-order valence-corrected chi connectivity index (χ3v) is 4.61. The summed E-state index contributed by atoms with van der Waals surface area (Å²) in [7, 11) is 0. The van der Waals surface area contributed by atoms with E-state index in [2.05, 4.69) is 10.3 Å². The van der Waals surface area contributed by atoms with Crippen LogP contribution in [0.3, 0.4) is 0 Å². The second-order valence-corrected chi connectivity index (χ2v) is 6.57. The number of aromatic nitrogens is 1. The summed E-state index contributed by atoms with van der Waals surface area (Å²) in [6.45, 7) is 0.518. The summed E-state index contributed by atoms with van der Waals surface area (Å²) < 4.78 is 0. The van der Waals surface area contributed by atoms with Crippen LogP contribution in [0.2, 0.25) is 5.02 Å². The molecule has 0 aliphatic carbocycles. The van der Waals surface area contributed by atoms with Crippen molar-refractivity contribution in [3.63, 3.8) is 0 Å². The van der Waals surface area contributed by atoms with Crippen molar-refractivity contribution in [2.75, 3.05) is 6.54 Å². The molecule has 0 fully saturated rings. The zero-order chi connectivity index (χ0) is 16.9. The molecule has 3 rings (SSSR count). The van der Waals surface area contributed by atoms with Crippen LogP contribution in [0, 0.1) is 0 Å². The molecule has 1 heterocycles. The molecule has 0 aliphatic rings. The molecule has 0 aliphatic heterocycles. The molecule has 2 N–H and O–H groups in total. The topological polar surface area (TPSA) is 62.2 Å². The number of nitrogens with one attached hydrogen (secondary N) is 1. The second kappa shape index (κ2) is 7.47. The van der Waals surface area contributed by atoms with E-state index in [0.717, 1.165) is 16.3 Å². The van der Waals surface area contributed by atoms with Gasteiger partial charge in [0, 0.05) is 34.5 Å². The fourth-order valence-electron chi connectivity index (χ4n) is 2.18. The smallest absolute Gasteiger partial charge is 0.251 e. The molecule has 3 aromatic rings. The Morgan fingerprint density at radius 3 is 2.54 bits per heavy atom. The minimum Gasteiger partial charge on any atom is -0.508 e. The highest BCUT2D eigenvalue weighted by molar-refractivity contribution is 7.09. The van der Waals surface area contributed by atoms with Gasteiger partial charge in [0.25, 0.3) is 5.91 Å². The van der Waals surface area contributed by atoms with Crippen molar-refractivity contribution in [2.24, 2.45) is 0 Å². The predicted molar refractivity (Wildman–Crippen MR) is 96.7 cm³/mol. The molecule has 0 unspecified atom stereocenters. The van der Waals surface area contributed by atoms with Crippen LogP contribution in [0.4, 0.5) is 0 Å². The number of hydrogen-bond donors (Lipinski definition) is 2. The van der Waals surface area contributed by atoms with Crippen LogP contribution >= 0.6 is 22.9 Å². The Labute approximate surface area is 148 Å². The molecule has 0 saturated heterocycles. The van der Waals surface area contributed by atoms with Gasteiger partial charge in [0.2, 0.25) is 0 Å². The van der Waals surface area contributed by atoms with Gasteiger partial charge in [0.1, 0.15) is 5.75 Å². The van der Waals surface area contributed by atoms with Gasteiger partial charge in [-0.3, -0.25) is 4.79 Å². The molecular formula is C18H15ClN2O2S. The van der Waals surface area contributed by atoms with Crippen LogP contribution in [-0.2, 0) is 6.42 Å². The predicted octanol–water partition coefficient (Wildman–Crippen LogP) is 4.14. The Hall–Kier alpha value is -2.37. The second-order valence-electron chi connectivity index (χ2n) is 5.19. The Morgan fingerprint density at radius 1 is 1.12 bits per heavy atom. The first-order valence-corrected chi connectivity index (χ1v) is 8.65. The number of carbonyl (C=O) groups is 1. The van der Waals surface area contributed by atoms with Crippen LogP contribution in [-0.4, -0.2) is 22.5 Å².